The number of rotatable bonds is 5. The van der Waals surface area contributed by atoms with Gasteiger partial charge in [-0.25, -0.2) is 4.79 Å². The van der Waals surface area contributed by atoms with Crippen LogP contribution in [0.5, 0.6) is 0 Å². The molecule has 0 heterocycles. The molecule has 0 aliphatic heterocycles. The van der Waals surface area contributed by atoms with Crippen molar-refractivity contribution < 1.29 is 4.79 Å². The molecule has 0 unspecified atom stereocenters. The highest BCUT2D eigenvalue weighted by atomic mass is 16.2. The van der Waals surface area contributed by atoms with Crippen LogP contribution in [0.4, 0.5) is 4.79 Å². The van der Waals surface area contributed by atoms with Gasteiger partial charge in [-0.3, -0.25) is 0 Å². The molecule has 5 heteroatoms. The minimum Gasteiger partial charge on any atom is -0.352 e. The Balaban J connectivity index is 2.92. The van der Waals surface area contributed by atoms with Gasteiger partial charge in [-0.15, -0.1) is 0 Å². The zero-order valence-corrected chi connectivity index (χ0v) is 6.26. The molecule has 0 atom stereocenters. The van der Waals surface area contributed by atoms with E-state index >= 15 is 0 Å². The highest BCUT2D eigenvalue weighted by molar-refractivity contribution is 5.71. The van der Waals surface area contributed by atoms with Gasteiger partial charge in [-0.1, -0.05) is 0 Å². The predicted molar refractivity (Wildman–Crippen MR) is 40.7 cm³/mol. The number of nitrogens with one attached hydrogen (secondary N) is 2. The van der Waals surface area contributed by atoms with Crippen molar-refractivity contribution in [3.63, 3.8) is 0 Å². The van der Waals surface area contributed by atoms with Crippen LogP contribution in [0.15, 0.2) is 0 Å². The van der Waals surface area contributed by atoms with Crippen LogP contribution in [0.2, 0.25) is 0 Å². The highest BCUT2D eigenvalue weighted by Gasteiger charge is 1.89. The lowest BCUT2D eigenvalue weighted by molar-refractivity contribution is 0.249. The maximum Gasteiger partial charge on any atom is 0.312 e. The molecule has 62 valence electrons. The minimum absolute atomic E-state index is 0.483. The standard InChI is InChI=1S/C6H12N4O/c7-2-1-3-9-4-5-10-6(8)11/h9H,1,3-5H2,(H3,8,10,11). The van der Waals surface area contributed by atoms with Gasteiger partial charge in [0.15, 0.2) is 0 Å². The Morgan fingerprint density at radius 2 is 2.18 bits per heavy atom. The summed E-state index contributed by atoms with van der Waals surface area (Å²) in [4.78, 5) is 10.1. The molecule has 0 rings (SSSR count). The zero-order chi connectivity index (χ0) is 8.53. The maximum atomic E-state index is 10.1. The third-order valence-electron chi connectivity index (χ3n) is 1.01. The van der Waals surface area contributed by atoms with Crippen molar-refractivity contribution in [3.05, 3.63) is 0 Å². The number of hydrogen-bond acceptors (Lipinski definition) is 3. The van der Waals surface area contributed by atoms with Crippen molar-refractivity contribution in [1.82, 2.24) is 10.6 Å². The number of amides is 2. The smallest absolute Gasteiger partial charge is 0.312 e. The van der Waals surface area contributed by atoms with E-state index in [4.69, 9.17) is 11.0 Å². The van der Waals surface area contributed by atoms with Gasteiger partial charge in [0.25, 0.3) is 0 Å². The lowest BCUT2D eigenvalue weighted by atomic mass is 10.4. The second kappa shape index (κ2) is 6.83. The summed E-state index contributed by atoms with van der Waals surface area (Å²) in [7, 11) is 0. The number of urea groups is 1. The predicted octanol–water partition coefficient (Wildman–Crippen LogP) is -0.842. The molecular weight excluding hydrogens is 144 g/mol. The third kappa shape index (κ3) is 8.72. The first-order chi connectivity index (χ1) is 5.27. The fraction of sp³-hybridized carbons (Fsp3) is 0.667. The average molecular weight is 156 g/mol. The van der Waals surface area contributed by atoms with E-state index in [0.717, 1.165) is 0 Å². The SMILES string of the molecule is N#CCCNCCNC(N)=O. The fourth-order valence-corrected chi connectivity index (χ4v) is 0.543. The maximum absolute atomic E-state index is 10.1. The first-order valence-corrected chi connectivity index (χ1v) is 3.38. The number of nitrogens with zero attached hydrogens (tertiary/aromatic N) is 1. The Bertz CT molecular complexity index is 151. The Morgan fingerprint density at radius 3 is 2.73 bits per heavy atom. The lowest BCUT2D eigenvalue weighted by Gasteiger charge is -2.01. The summed E-state index contributed by atoms with van der Waals surface area (Å²) in [5.74, 6) is 0. The van der Waals surface area contributed by atoms with Gasteiger partial charge in [0.1, 0.15) is 0 Å². The molecule has 0 spiro atoms. The van der Waals surface area contributed by atoms with E-state index in [9.17, 15) is 4.79 Å². The average Bonchev–Trinajstić information content (AvgIpc) is 1.96. The van der Waals surface area contributed by atoms with E-state index in [-0.39, 0.29) is 0 Å². The van der Waals surface area contributed by atoms with E-state index < -0.39 is 6.03 Å². The van der Waals surface area contributed by atoms with Crippen LogP contribution in [0.25, 0.3) is 0 Å². The Hall–Kier alpha value is -1.28. The summed E-state index contributed by atoms with van der Waals surface area (Å²) in [6.07, 6.45) is 0.483. The minimum atomic E-state index is -0.521. The van der Waals surface area contributed by atoms with Gasteiger partial charge in [0.2, 0.25) is 0 Å². The number of carbonyl (C=O) groups is 1. The Labute approximate surface area is 65.6 Å². The fourth-order valence-electron chi connectivity index (χ4n) is 0.543. The molecule has 0 aromatic carbocycles. The summed E-state index contributed by atoms with van der Waals surface area (Å²) >= 11 is 0. The number of nitrogens with two attached hydrogens (primary N) is 1. The number of nitriles is 1. The molecule has 0 bridgehead atoms. The second-order valence-corrected chi connectivity index (χ2v) is 1.95. The molecule has 5 nitrogen and oxygen atoms in total. The second-order valence-electron chi connectivity index (χ2n) is 1.95. The van der Waals surface area contributed by atoms with E-state index in [0.29, 0.717) is 26.1 Å². The van der Waals surface area contributed by atoms with Crippen LogP contribution >= 0.6 is 0 Å². The normalized spacial score (nSPS) is 8.64. The molecule has 11 heavy (non-hydrogen) atoms. The molecule has 0 fully saturated rings. The molecule has 2 amide bonds. The zero-order valence-electron chi connectivity index (χ0n) is 6.26. The molecule has 0 aliphatic carbocycles. The quantitative estimate of drug-likeness (QED) is 0.453. The summed E-state index contributed by atoms with van der Waals surface area (Å²) in [5.41, 5.74) is 4.80. The third-order valence-corrected chi connectivity index (χ3v) is 1.01. The van der Waals surface area contributed by atoms with Crippen LogP contribution in [0.1, 0.15) is 6.42 Å². The van der Waals surface area contributed by atoms with Crippen molar-refractivity contribution in [2.45, 2.75) is 6.42 Å². The van der Waals surface area contributed by atoms with E-state index in [2.05, 4.69) is 10.6 Å². The van der Waals surface area contributed by atoms with Gasteiger partial charge < -0.3 is 16.4 Å². The van der Waals surface area contributed by atoms with Crippen molar-refractivity contribution >= 4 is 6.03 Å². The summed E-state index contributed by atoms with van der Waals surface area (Å²) in [6, 6.07) is 1.47. The van der Waals surface area contributed by atoms with Crippen molar-refractivity contribution in [3.8, 4) is 6.07 Å². The monoisotopic (exact) mass is 156 g/mol. The van der Waals surface area contributed by atoms with Crippen molar-refractivity contribution in [1.29, 1.82) is 5.26 Å². The lowest BCUT2D eigenvalue weighted by Crippen LogP contribution is -2.35. The summed E-state index contributed by atoms with van der Waals surface area (Å²) in [6.45, 7) is 1.79. The number of hydrogen-bond donors (Lipinski definition) is 3. The van der Waals surface area contributed by atoms with Crippen LogP contribution in [-0.2, 0) is 0 Å². The molecule has 0 radical (unpaired) electrons. The van der Waals surface area contributed by atoms with E-state index in [1.165, 1.54) is 0 Å². The number of primary amides is 1. The molecule has 0 aliphatic rings. The van der Waals surface area contributed by atoms with Gasteiger partial charge in [-0.2, -0.15) is 5.26 Å². The Morgan fingerprint density at radius 1 is 1.45 bits per heavy atom. The summed E-state index contributed by atoms with van der Waals surface area (Å²) < 4.78 is 0. The summed E-state index contributed by atoms with van der Waals surface area (Å²) in [5, 5.41) is 13.5. The van der Waals surface area contributed by atoms with Crippen LogP contribution in [0.3, 0.4) is 0 Å². The van der Waals surface area contributed by atoms with E-state index in [1.807, 2.05) is 6.07 Å². The topological polar surface area (TPSA) is 90.9 Å². The van der Waals surface area contributed by atoms with Crippen molar-refractivity contribution in [2.24, 2.45) is 5.73 Å². The van der Waals surface area contributed by atoms with Crippen LogP contribution in [0, 0.1) is 11.3 Å². The highest BCUT2D eigenvalue weighted by Crippen LogP contribution is 1.68. The molecule has 0 aromatic heterocycles. The van der Waals surface area contributed by atoms with Gasteiger partial charge in [-0.05, 0) is 0 Å². The van der Waals surface area contributed by atoms with Gasteiger partial charge in [0.05, 0.1) is 6.07 Å². The molecule has 0 saturated carbocycles. The molecule has 0 saturated heterocycles. The molecular formula is C6H12N4O. The Kier molecular flexibility index (Phi) is 6.04. The van der Waals surface area contributed by atoms with Crippen LogP contribution < -0.4 is 16.4 Å². The largest absolute Gasteiger partial charge is 0.352 e. The first-order valence-electron chi connectivity index (χ1n) is 3.38. The number of carbonyl (C=O) groups excluding carboxylic acids is 1. The van der Waals surface area contributed by atoms with Gasteiger partial charge >= 0.3 is 6.03 Å². The van der Waals surface area contributed by atoms with Gasteiger partial charge in [0, 0.05) is 26.1 Å². The van der Waals surface area contributed by atoms with Crippen LogP contribution in [-0.4, -0.2) is 25.7 Å². The van der Waals surface area contributed by atoms with Crippen molar-refractivity contribution in [2.75, 3.05) is 19.6 Å². The molecule has 4 N–H and O–H groups in total. The van der Waals surface area contributed by atoms with E-state index in [1.54, 1.807) is 0 Å². The molecule has 0 aromatic rings. The first kappa shape index (κ1) is 9.72.